The highest BCUT2D eigenvalue weighted by atomic mass is 16.5. The summed E-state index contributed by atoms with van der Waals surface area (Å²) in [5, 5.41) is 2.48. The van der Waals surface area contributed by atoms with E-state index in [2.05, 4.69) is 252 Å². The summed E-state index contributed by atoms with van der Waals surface area (Å²) in [6.07, 6.45) is 0. The van der Waals surface area contributed by atoms with Crippen LogP contribution >= 0.6 is 0 Å². The van der Waals surface area contributed by atoms with Gasteiger partial charge in [0.1, 0.15) is 11.5 Å². The van der Waals surface area contributed by atoms with Gasteiger partial charge in [-0.2, -0.15) is 0 Å². The molecule has 11 aromatic rings. The van der Waals surface area contributed by atoms with E-state index in [-0.39, 0.29) is 0 Å². The van der Waals surface area contributed by atoms with Crippen LogP contribution in [0.25, 0.3) is 60.9 Å². The van der Waals surface area contributed by atoms with Crippen molar-refractivity contribution in [1.82, 2.24) is 4.57 Å². The molecular weight excluding hydrogens is 777 g/mol. The Morgan fingerprint density at radius 2 is 0.906 bits per heavy atom. The van der Waals surface area contributed by atoms with Gasteiger partial charge in [0.25, 0.3) is 0 Å². The van der Waals surface area contributed by atoms with E-state index < -0.39 is 5.41 Å². The second kappa shape index (κ2) is 14.3. The van der Waals surface area contributed by atoms with E-state index in [4.69, 9.17) is 4.74 Å². The first kappa shape index (κ1) is 36.3. The summed E-state index contributed by atoms with van der Waals surface area (Å²) >= 11 is 0. The van der Waals surface area contributed by atoms with E-state index in [9.17, 15) is 0 Å². The van der Waals surface area contributed by atoms with Crippen molar-refractivity contribution in [3.8, 4) is 50.6 Å². The predicted molar refractivity (Wildman–Crippen MR) is 264 cm³/mol. The molecule has 0 saturated carbocycles. The van der Waals surface area contributed by atoms with Crippen molar-refractivity contribution >= 4 is 38.9 Å². The van der Waals surface area contributed by atoms with Gasteiger partial charge in [0.15, 0.2) is 0 Å². The summed E-state index contributed by atoms with van der Waals surface area (Å²) in [5.41, 5.74) is 18.2. The van der Waals surface area contributed by atoms with Gasteiger partial charge in [0, 0.05) is 50.1 Å². The van der Waals surface area contributed by atoms with Gasteiger partial charge in [-0.3, -0.25) is 0 Å². The van der Waals surface area contributed by atoms with Crippen LogP contribution in [-0.4, -0.2) is 4.57 Å². The molecule has 0 bridgehead atoms. The zero-order valence-electron chi connectivity index (χ0n) is 34.9. The van der Waals surface area contributed by atoms with Crippen LogP contribution in [-0.2, 0) is 5.41 Å². The molecule has 3 nitrogen and oxygen atoms in total. The molecule has 1 aromatic heterocycles. The number of fused-ring (bicyclic) bond motifs is 12. The van der Waals surface area contributed by atoms with E-state index in [1.807, 2.05) is 0 Å². The van der Waals surface area contributed by atoms with Crippen LogP contribution in [0.15, 0.2) is 243 Å². The molecule has 0 fully saturated rings. The number of rotatable bonds is 6. The van der Waals surface area contributed by atoms with Gasteiger partial charge < -0.3 is 14.2 Å². The molecule has 0 N–H and O–H groups in total. The van der Waals surface area contributed by atoms with Gasteiger partial charge in [-0.15, -0.1) is 0 Å². The minimum Gasteiger partial charge on any atom is -0.457 e. The van der Waals surface area contributed by atoms with E-state index in [1.165, 1.54) is 49.6 Å². The molecule has 1 aliphatic heterocycles. The first-order chi connectivity index (χ1) is 31.8. The lowest BCUT2D eigenvalue weighted by Gasteiger charge is -2.39. The van der Waals surface area contributed by atoms with Gasteiger partial charge in [-0.1, -0.05) is 182 Å². The topological polar surface area (TPSA) is 17.4 Å². The molecule has 2 heterocycles. The quantitative estimate of drug-likeness (QED) is 0.166. The van der Waals surface area contributed by atoms with Gasteiger partial charge >= 0.3 is 0 Å². The molecule has 13 rings (SSSR count). The van der Waals surface area contributed by atoms with Crippen molar-refractivity contribution in [2.45, 2.75) is 5.41 Å². The smallest absolute Gasteiger partial charge is 0.132 e. The van der Waals surface area contributed by atoms with Crippen molar-refractivity contribution in [2.24, 2.45) is 0 Å². The van der Waals surface area contributed by atoms with Crippen LogP contribution in [0.2, 0.25) is 0 Å². The van der Waals surface area contributed by atoms with Gasteiger partial charge in [-0.05, 0) is 94.0 Å². The molecular formula is C61H40N2O. The molecule has 1 aliphatic carbocycles. The van der Waals surface area contributed by atoms with E-state index in [1.54, 1.807) is 0 Å². The lowest BCUT2D eigenvalue weighted by Crippen LogP contribution is -2.32. The summed E-state index contributed by atoms with van der Waals surface area (Å²) in [5.74, 6) is 1.77. The minimum atomic E-state index is -0.586. The number of aromatic nitrogens is 1. The van der Waals surface area contributed by atoms with Gasteiger partial charge in [0.2, 0.25) is 0 Å². The third kappa shape index (κ3) is 5.28. The Morgan fingerprint density at radius 3 is 1.67 bits per heavy atom. The van der Waals surface area contributed by atoms with Crippen LogP contribution in [0.3, 0.4) is 0 Å². The summed E-state index contributed by atoms with van der Waals surface area (Å²) in [7, 11) is 0. The van der Waals surface area contributed by atoms with Crippen LogP contribution in [0.1, 0.15) is 22.3 Å². The predicted octanol–water partition coefficient (Wildman–Crippen LogP) is 16.1. The Labute approximate surface area is 372 Å². The number of anilines is 3. The SMILES string of the molecule is c1ccc(-c2ccccc2N(c2ccc(-c3cccc4c5ccccc5n(-c5ccccc5)c34)cc2)c2ccc3c(c2)C2(c4ccccc4Oc4ccccc42)c2ccccc2-3)cc1. The highest BCUT2D eigenvalue weighted by Gasteiger charge is 2.51. The molecule has 3 heteroatoms. The highest BCUT2D eigenvalue weighted by Crippen LogP contribution is 2.62. The standard InChI is InChI=1S/C61H40N2O/c1-3-18-41(19-4-1)46-22-8-13-30-56(46)62(44-36-34-42(35-37-44)47-25-17-26-51-50-24-9-14-31-57(50)63(60(47)51)43-20-5-2-6-21-43)45-38-39-49-48-23-7-10-27-52(48)61(55(49)40-45)53-28-11-15-32-58(53)64-59-33-16-12-29-54(59)61/h1-40H. The van der Waals surface area contributed by atoms with Crippen LogP contribution in [0, 0.1) is 0 Å². The van der Waals surface area contributed by atoms with Crippen molar-refractivity contribution in [3.63, 3.8) is 0 Å². The fourth-order valence-corrected chi connectivity index (χ4v) is 10.8. The summed E-state index contributed by atoms with van der Waals surface area (Å²) in [6, 6.07) is 88.1. The minimum absolute atomic E-state index is 0.586. The van der Waals surface area contributed by atoms with Crippen molar-refractivity contribution in [3.05, 3.63) is 265 Å². The molecule has 0 saturated heterocycles. The first-order valence-corrected chi connectivity index (χ1v) is 22.0. The summed E-state index contributed by atoms with van der Waals surface area (Å²) in [6.45, 7) is 0. The third-order valence-corrected chi connectivity index (χ3v) is 13.5. The molecule has 0 unspecified atom stereocenters. The van der Waals surface area contributed by atoms with E-state index >= 15 is 0 Å². The molecule has 0 radical (unpaired) electrons. The highest BCUT2D eigenvalue weighted by molar-refractivity contribution is 6.14. The van der Waals surface area contributed by atoms with Crippen molar-refractivity contribution in [1.29, 1.82) is 0 Å². The third-order valence-electron chi connectivity index (χ3n) is 13.5. The number of benzene rings is 10. The Bertz CT molecular complexity index is 3540. The number of para-hydroxylation sites is 6. The van der Waals surface area contributed by atoms with Gasteiger partial charge in [-0.25, -0.2) is 0 Å². The second-order valence-electron chi connectivity index (χ2n) is 16.8. The number of nitrogens with zero attached hydrogens (tertiary/aromatic N) is 2. The van der Waals surface area contributed by atoms with E-state index in [0.29, 0.717) is 0 Å². The Kier molecular flexibility index (Phi) is 8.13. The maximum atomic E-state index is 6.69. The van der Waals surface area contributed by atoms with Crippen molar-refractivity contribution in [2.75, 3.05) is 4.90 Å². The Morgan fingerprint density at radius 1 is 0.359 bits per heavy atom. The zero-order valence-corrected chi connectivity index (χ0v) is 34.9. The molecule has 0 amide bonds. The lowest BCUT2D eigenvalue weighted by molar-refractivity contribution is 0.436. The zero-order chi connectivity index (χ0) is 42.2. The molecule has 1 spiro atoms. The number of hydrogen-bond acceptors (Lipinski definition) is 2. The van der Waals surface area contributed by atoms with Gasteiger partial charge in [0.05, 0.1) is 22.1 Å². The maximum Gasteiger partial charge on any atom is 0.132 e. The Balaban J connectivity index is 1.04. The second-order valence-corrected chi connectivity index (χ2v) is 16.8. The van der Waals surface area contributed by atoms with E-state index in [0.717, 1.165) is 62.1 Å². The van der Waals surface area contributed by atoms with Crippen LogP contribution in [0.4, 0.5) is 17.1 Å². The molecule has 2 aliphatic rings. The largest absolute Gasteiger partial charge is 0.457 e. The first-order valence-electron chi connectivity index (χ1n) is 22.0. The fraction of sp³-hybridized carbons (Fsp3) is 0.0164. The summed E-state index contributed by atoms with van der Waals surface area (Å²) < 4.78 is 9.11. The fourth-order valence-electron chi connectivity index (χ4n) is 10.8. The maximum absolute atomic E-state index is 6.69. The average molecular weight is 817 g/mol. The van der Waals surface area contributed by atoms with Crippen molar-refractivity contribution < 1.29 is 4.74 Å². The molecule has 64 heavy (non-hydrogen) atoms. The average Bonchev–Trinajstić information content (AvgIpc) is 3.86. The molecule has 0 atom stereocenters. The Hall–Kier alpha value is -8.40. The van der Waals surface area contributed by atoms with Crippen LogP contribution in [0.5, 0.6) is 11.5 Å². The monoisotopic (exact) mass is 816 g/mol. The lowest BCUT2D eigenvalue weighted by atomic mass is 9.66. The number of hydrogen-bond donors (Lipinski definition) is 0. The normalized spacial score (nSPS) is 12.9. The molecule has 300 valence electrons. The number of ether oxygens (including phenoxy) is 1. The van der Waals surface area contributed by atoms with Crippen LogP contribution < -0.4 is 9.64 Å². The summed E-state index contributed by atoms with van der Waals surface area (Å²) in [4.78, 5) is 2.45. The molecule has 10 aromatic carbocycles.